The minimum Gasteiger partial charge on any atom is -0.507 e. The second-order valence-corrected chi connectivity index (χ2v) is 9.85. The number of carbonyl (C=O) groups is 2. The van der Waals surface area contributed by atoms with Gasteiger partial charge in [0.2, 0.25) is 0 Å². The number of rotatable bonds is 6. The number of likely N-dealkylation sites (tertiary alicyclic amines) is 1. The zero-order chi connectivity index (χ0) is 24.5. The summed E-state index contributed by atoms with van der Waals surface area (Å²) in [6, 6.07) is 12.6. The highest BCUT2D eigenvalue weighted by atomic mass is 16.5. The Bertz CT molecular complexity index is 1080. The van der Waals surface area contributed by atoms with Crippen molar-refractivity contribution < 1.29 is 19.4 Å². The highest BCUT2D eigenvalue weighted by Gasteiger charge is 2.46. The maximum absolute atomic E-state index is 13.2. The Kier molecular flexibility index (Phi) is 6.98. The molecule has 0 radical (unpaired) electrons. The standard InChI is InChI=1S/C27H34N2O4/c1-17-16-20(33-7)12-13-21(17)24(30)22-23(18-8-10-19(11-9-18)27(2,3)4)29(15-14-28(5)6)26(32)25(22)31/h8-13,16,23,30H,14-15H2,1-7H3/b24-22+/t23-/m1/s1. The van der Waals surface area contributed by atoms with Crippen LogP contribution in [0.4, 0.5) is 0 Å². The fourth-order valence-corrected chi connectivity index (χ4v) is 4.10. The summed E-state index contributed by atoms with van der Waals surface area (Å²) < 4.78 is 5.26. The third kappa shape index (κ3) is 4.96. The smallest absolute Gasteiger partial charge is 0.295 e. The van der Waals surface area contributed by atoms with Crippen LogP contribution in [0.15, 0.2) is 48.0 Å². The number of ether oxygens (including phenoxy) is 1. The second kappa shape index (κ2) is 9.40. The predicted octanol–water partition coefficient (Wildman–Crippen LogP) is 4.28. The van der Waals surface area contributed by atoms with E-state index in [-0.39, 0.29) is 16.7 Å². The van der Waals surface area contributed by atoms with Gasteiger partial charge in [0.15, 0.2) is 0 Å². The van der Waals surface area contributed by atoms with Crippen molar-refractivity contribution in [2.75, 3.05) is 34.3 Å². The largest absolute Gasteiger partial charge is 0.507 e. The lowest BCUT2D eigenvalue weighted by Gasteiger charge is -2.27. The van der Waals surface area contributed by atoms with E-state index in [1.54, 1.807) is 30.2 Å². The van der Waals surface area contributed by atoms with Gasteiger partial charge < -0.3 is 19.6 Å². The highest BCUT2D eigenvalue weighted by Crippen LogP contribution is 2.40. The first-order chi connectivity index (χ1) is 15.5. The van der Waals surface area contributed by atoms with Crippen molar-refractivity contribution in [2.24, 2.45) is 0 Å². The molecule has 1 aliphatic rings. The van der Waals surface area contributed by atoms with Gasteiger partial charge in [-0.3, -0.25) is 9.59 Å². The number of carbonyl (C=O) groups excluding carboxylic acids is 2. The number of aryl methyl sites for hydroxylation is 1. The van der Waals surface area contributed by atoms with E-state index in [2.05, 4.69) is 20.8 Å². The van der Waals surface area contributed by atoms with Crippen LogP contribution in [0.5, 0.6) is 5.75 Å². The molecule has 176 valence electrons. The molecule has 2 aromatic rings. The van der Waals surface area contributed by atoms with E-state index in [0.29, 0.717) is 24.4 Å². The molecule has 1 saturated heterocycles. The zero-order valence-corrected chi connectivity index (χ0v) is 20.6. The average Bonchev–Trinajstić information content (AvgIpc) is 3.01. The van der Waals surface area contributed by atoms with Gasteiger partial charge in [-0.25, -0.2) is 0 Å². The van der Waals surface area contributed by atoms with Gasteiger partial charge in [0.05, 0.1) is 18.7 Å². The molecule has 0 aromatic heterocycles. The first-order valence-electron chi connectivity index (χ1n) is 11.1. The summed E-state index contributed by atoms with van der Waals surface area (Å²) in [4.78, 5) is 29.8. The number of benzene rings is 2. The van der Waals surface area contributed by atoms with Crippen LogP contribution in [-0.4, -0.2) is 60.9 Å². The summed E-state index contributed by atoms with van der Waals surface area (Å²) in [7, 11) is 5.42. The van der Waals surface area contributed by atoms with Crippen LogP contribution in [0, 0.1) is 6.92 Å². The summed E-state index contributed by atoms with van der Waals surface area (Å²) >= 11 is 0. The van der Waals surface area contributed by atoms with E-state index in [9.17, 15) is 14.7 Å². The number of methoxy groups -OCH3 is 1. The first-order valence-corrected chi connectivity index (χ1v) is 11.1. The molecule has 0 unspecified atom stereocenters. The molecule has 1 amide bonds. The van der Waals surface area contributed by atoms with Crippen molar-refractivity contribution in [1.82, 2.24) is 9.80 Å². The SMILES string of the molecule is COc1ccc(/C(O)=C2\C(=O)C(=O)N(CCN(C)C)[C@@H]2c2ccc(C(C)(C)C)cc2)c(C)c1. The van der Waals surface area contributed by atoms with Gasteiger partial charge in [0.25, 0.3) is 11.7 Å². The Hall–Kier alpha value is -3.12. The number of hydrogen-bond acceptors (Lipinski definition) is 5. The molecule has 6 heteroatoms. The Morgan fingerprint density at radius 1 is 1.09 bits per heavy atom. The topological polar surface area (TPSA) is 70.1 Å². The summed E-state index contributed by atoms with van der Waals surface area (Å²) in [5.74, 6) is -0.753. The molecular weight excluding hydrogens is 416 g/mol. The second-order valence-electron chi connectivity index (χ2n) is 9.85. The van der Waals surface area contributed by atoms with E-state index in [1.807, 2.05) is 50.2 Å². The number of aliphatic hydroxyl groups excluding tert-OH is 1. The van der Waals surface area contributed by atoms with E-state index < -0.39 is 17.7 Å². The highest BCUT2D eigenvalue weighted by molar-refractivity contribution is 6.46. The van der Waals surface area contributed by atoms with Crippen LogP contribution >= 0.6 is 0 Å². The Morgan fingerprint density at radius 3 is 2.24 bits per heavy atom. The van der Waals surface area contributed by atoms with Crippen molar-refractivity contribution in [2.45, 2.75) is 39.2 Å². The lowest BCUT2D eigenvalue weighted by atomic mass is 9.85. The van der Waals surface area contributed by atoms with E-state index in [1.165, 1.54) is 0 Å². The minimum atomic E-state index is -0.661. The number of amides is 1. The molecule has 1 N–H and O–H groups in total. The molecule has 0 bridgehead atoms. The summed E-state index contributed by atoms with van der Waals surface area (Å²) in [5, 5.41) is 11.3. The molecule has 0 aliphatic carbocycles. The predicted molar refractivity (Wildman–Crippen MR) is 130 cm³/mol. The maximum Gasteiger partial charge on any atom is 0.295 e. The number of ketones is 1. The van der Waals surface area contributed by atoms with E-state index in [0.717, 1.165) is 16.7 Å². The van der Waals surface area contributed by atoms with Crippen LogP contribution < -0.4 is 4.74 Å². The van der Waals surface area contributed by atoms with Crippen LogP contribution in [0.3, 0.4) is 0 Å². The number of Topliss-reactive ketones (excluding diaryl/α,β-unsaturated/α-hetero) is 1. The third-order valence-corrected chi connectivity index (χ3v) is 6.11. The van der Waals surface area contributed by atoms with Crippen LogP contribution in [0.25, 0.3) is 5.76 Å². The molecule has 1 fully saturated rings. The van der Waals surface area contributed by atoms with Crippen molar-refractivity contribution >= 4 is 17.4 Å². The van der Waals surface area contributed by atoms with E-state index >= 15 is 0 Å². The Balaban J connectivity index is 2.16. The molecular formula is C27H34N2O4. The molecule has 6 nitrogen and oxygen atoms in total. The molecule has 2 aromatic carbocycles. The minimum absolute atomic E-state index is 0.0224. The van der Waals surface area contributed by atoms with Crippen molar-refractivity contribution in [3.63, 3.8) is 0 Å². The van der Waals surface area contributed by atoms with Gasteiger partial charge >= 0.3 is 0 Å². The van der Waals surface area contributed by atoms with Gasteiger partial charge in [-0.2, -0.15) is 0 Å². The van der Waals surface area contributed by atoms with Gasteiger partial charge in [-0.1, -0.05) is 45.0 Å². The van der Waals surface area contributed by atoms with Crippen LogP contribution in [-0.2, 0) is 15.0 Å². The molecule has 1 heterocycles. The summed E-state index contributed by atoms with van der Waals surface area (Å²) in [6.07, 6.45) is 0. The van der Waals surface area contributed by atoms with Gasteiger partial charge in [-0.15, -0.1) is 0 Å². The Labute approximate surface area is 196 Å². The van der Waals surface area contributed by atoms with Crippen molar-refractivity contribution in [3.05, 3.63) is 70.3 Å². The quantitative estimate of drug-likeness (QED) is 0.404. The fourth-order valence-electron chi connectivity index (χ4n) is 4.10. The van der Waals surface area contributed by atoms with E-state index in [4.69, 9.17) is 4.74 Å². The molecule has 3 rings (SSSR count). The Morgan fingerprint density at radius 2 is 1.73 bits per heavy atom. The first kappa shape index (κ1) is 24.5. The number of likely N-dealkylation sites (N-methyl/N-ethyl adjacent to an activating group) is 1. The molecule has 33 heavy (non-hydrogen) atoms. The van der Waals surface area contributed by atoms with Gasteiger partial charge in [0, 0.05) is 18.7 Å². The zero-order valence-electron chi connectivity index (χ0n) is 20.6. The molecule has 1 aliphatic heterocycles. The number of hydrogen-bond donors (Lipinski definition) is 1. The molecule has 0 spiro atoms. The molecule has 0 saturated carbocycles. The number of aliphatic hydroxyl groups is 1. The maximum atomic E-state index is 13.2. The average molecular weight is 451 g/mol. The lowest BCUT2D eigenvalue weighted by Crippen LogP contribution is -2.35. The third-order valence-electron chi connectivity index (χ3n) is 6.11. The summed E-state index contributed by atoms with van der Waals surface area (Å²) in [6.45, 7) is 9.23. The summed E-state index contributed by atoms with van der Waals surface area (Å²) in [5.41, 5.74) is 3.32. The normalized spacial score (nSPS) is 18.3. The van der Waals surface area contributed by atoms with Gasteiger partial charge in [-0.05, 0) is 61.3 Å². The van der Waals surface area contributed by atoms with Crippen LogP contribution in [0.1, 0.15) is 49.1 Å². The number of nitrogens with zero attached hydrogens (tertiary/aromatic N) is 2. The van der Waals surface area contributed by atoms with Crippen molar-refractivity contribution in [3.8, 4) is 5.75 Å². The monoisotopic (exact) mass is 450 g/mol. The molecule has 1 atom stereocenters. The lowest BCUT2D eigenvalue weighted by molar-refractivity contribution is -0.140. The van der Waals surface area contributed by atoms with Crippen molar-refractivity contribution in [1.29, 1.82) is 0 Å². The van der Waals surface area contributed by atoms with Gasteiger partial charge in [0.1, 0.15) is 11.5 Å². The fraction of sp³-hybridized carbons (Fsp3) is 0.407. The van der Waals surface area contributed by atoms with Crippen LogP contribution in [0.2, 0.25) is 0 Å².